The third-order valence-corrected chi connectivity index (χ3v) is 3.70. The molecule has 0 aliphatic heterocycles. The zero-order valence-corrected chi connectivity index (χ0v) is 8.75. The first-order valence-corrected chi connectivity index (χ1v) is 5.11. The molecule has 3 nitrogen and oxygen atoms in total. The van der Waals surface area contributed by atoms with E-state index in [1.165, 1.54) is 0 Å². The number of rotatable bonds is 3. The fourth-order valence-corrected chi connectivity index (χ4v) is 2.66. The maximum Gasteiger partial charge on any atom is 0.209 e. The van der Waals surface area contributed by atoms with Gasteiger partial charge in [0, 0.05) is 10.3 Å². The van der Waals surface area contributed by atoms with Crippen LogP contribution < -0.4 is 0 Å². The number of nitro groups is 1. The maximum absolute atomic E-state index is 10.5. The highest BCUT2D eigenvalue weighted by Crippen LogP contribution is 2.47. The Labute approximate surface area is 79.7 Å². The molecule has 0 radical (unpaired) electrons. The molecule has 1 saturated carbocycles. The van der Waals surface area contributed by atoms with E-state index >= 15 is 0 Å². The van der Waals surface area contributed by atoms with E-state index in [0.717, 1.165) is 19.3 Å². The van der Waals surface area contributed by atoms with E-state index in [9.17, 15) is 10.1 Å². The first-order chi connectivity index (χ1) is 5.99. The molecular weight excluding hydrogens is 166 g/mol. The molecule has 76 valence electrons. The van der Waals surface area contributed by atoms with Gasteiger partial charge in [-0.2, -0.15) is 0 Å². The summed E-state index contributed by atoms with van der Waals surface area (Å²) in [4.78, 5) is 10.4. The molecule has 0 heterocycles. The Morgan fingerprint density at radius 2 is 1.85 bits per heavy atom. The maximum atomic E-state index is 10.5. The first-order valence-electron chi connectivity index (χ1n) is 5.11. The van der Waals surface area contributed by atoms with Crippen molar-refractivity contribution in [3.63, 3.8) is 0 Å². The van der Waals surface area contributed by atoms with Crippen LogP contribution in [-0.4, -0.2) is 11.5 Å². The van der Waals surface area contributed by atoms with Crippen LogP contribution in [-0.2, 0) is 0 Å². The van der Waals surface area contributed by atoms with Gasteiger partial charge < -0.3 is 0 Å². The highest BCUT2D eigenvalue weighted by Gasteiger charge is 2.43. The Hall–Kier alpha value is -0.600. The van der Waals surface area contributed by atoms with Gasteiger partial charge in [0.05, 0.1) is 0 Å². The van der Waals surface area contributed by atoms with Crippen molar-refractivity contribution in [3.8, 4) is 0 Å². The van der Waals surface area contributed by atoms with Crippen molar-refractivity contribution in [2.24, 2.45) is 17.3 Å². The number of hydrogen-bond donors (Lipinski definition) is 0. The van der Waals surface area contributed by atoms with E-state index in [4.69, 9.17) is 0 Å². The van der Waals surface area contributed by atoms with Gasteiger partial charge in [0.2, 0.25) is 6.54 Å². The van der Waals surface area contributed by atoms with E-state index in [1.807, 2.05) is 0 Å². The Kier molecular flexibility index (Phi) is 2.94. The topological polar surface area (TPSA) is 43.1 Å². The van der Waals surface area contributed by atoms with Crippen LogP contribution in [0.3, 0.4) is 0 Å². The smallest absolute Gasteiger partial charge is 0.209 e. The van der Waals surface area contributed by atoms with Gasteiger partial charge in [0.25, 0.3) is 0 Å². The average molecular weight is 185 g/mol. The predicted octanol–water partition coefficient (Wildman–Crippen LogP) is 2.73. The molecule has 1 aliphatic rings. The highest BCUT2D eigenvalue weighted by atomic mass is 16.6. The average Bonchev–Trinajstić information content (AvgIpc) is 2.27. The van der Waals surface area contributed by atoms with Crippen LogP contribution >= 0.6 is 0 Å². The molecule has 0 aromatic carbocycles. The summed E-state index contributed by atoms with van der Waals surface area (Å²) in [6, 6.07) is 0. The molecule has 13 heavy (non-hydrogen) atoms. The summed E-state index contributed by atoms with van der Waals surface area (Å²) >= 11 is 0. The minimum Gasteiger partial charge on any atom is -0.265 e. The van der Waals surface area contributed by atoms with Crippen molar-refractivity contribution >= 4 is 0 Å². The summed E-state index contributed by atoms with van der Waals surface area (Å²) in [5.41, 5.74) is 0.00231. The second-order valence-corrected chi connectivity index (χ2v) is 4.71. The van der Waals surface area contributed by atoms with Crippen molar-refractivity contribution < 1.29 is 4.92 Å². The lowest BCUT2D eigenvalue weighted by Crippen LogP contribution is -2.26. The lowest BCUT2D eigenvalue weighted by atomic mass is 9.82. The molecule has 0 amide bonds. The molecule has 1 rings (SSSR count). The summed E-state index contributed by atoms with van der Waals surface area (Å²) in [5, 5.41) is 10.5. The predicted molar refractivity (Wildman–Crippen MR) is 52.1 cm³/mol. The second kappa shape index (κ2) is 3.64. The van der Waals surface area contributed by atoms with Gasteiger partial charge in [-0.25, -0.2) is 0 Å². The van der Waals surface area contributed by atoms with E-state index in [-0.39, 0.29) is 16.9 Å². The van der Waals surface area contributed by atoms with E-state index < -0.39 is 0 Å². The standard InChI is InChI=1S/C10H19NO2/c1-4-10(7-11(12)13)5-8(2)9(3)6-10/h8-9H,4-7H2,1-3H3/t8-,9+,10-. The monoisotopic (exact) mass is 185 g/mol. The van der Waals surface area contributed by atoms with Crippen LogP contribution in [0, 0.1) is 27.4 Å². The highest BCUT2D eigenvalue weighted by molar-refractivity contribution is 4.89. The van der Waals surface area contributed by atoms with E-state index in [1.54, 1.807) is 0 Å². The van der Waals surface area contributed by atoms with Gasteiger partial charge in [-0.05, 0) is 31.1 Å². The molecule has 0 N–H and O–H groups in total. The third kappa shape index (κ3) is 2.20. The van der Waals surface area contributed by atoms with Gasteiger partial charge in [-0.1, -0.05) is 20.8 Å². The summed E-state index contributed by atoms with van der Waals surface area (Å²) in [5.74, 6) is 1.31. The molecule has 0 bridgehead atoms. The van der Waals surface area contributed by atoms with Crippen molar-refractivity contribution in [1.82, 2.24) is 0 Å². The summed E-state index contributed by atoms with van der Waals surface area (Å²) in [6.07, 6.45) is 3.01. The molecule has 0 saturated heterocycles. The van der Waals surface area contributed by atoms with Crippen molar-refractivity contribution in [3.05, 3.63) is 10.1 Å². The van der Waals surface area contributed by atoms with E-state index in [2.05, 4.69) is 20.8 Å². The fourth-order valence-electron chi connectivity index (χ4n) is 2.66. The molecule has 3 atom stereocenters. The second-order valence-electron chi connectivity index (χ2n) is 4.71. The lowest BCUT2D eigenvalue weighted by Gasteiger charge is -2.22. The van der Waals surface area contributed by atoms with Gasteiger partial charge in [0.15, 0.2) is 0 Å². The number of nitrogens with zero attached hydrogens (tertiary/aromatic N) is 1. The summed E-state index contributed by atoms with van der Waals surface area (Å²) in [6.45, 7) is 6.66. The van der Waals surface area contributed by atoms with Crippen molar-refractivity contribution in [2.75, 3.05) is 6.54 Å². The third-order valence-electron chi connectivity index (χ3n) is 3.70. The zero-order chi connectivity index (χ0) is 10.1. The quantitative estimate of drug-likeness (QED) is 0.501. The Balaban J connectivity index is 2.67. The zero-order valence-electron chi connectivity index (χ0n) is 8.75. The molecule has 0 unspecified atom stereocenters. The normalized spacial score (nSPS) is 39.3. The lowest BCUT2D eigenvalue weighted by molar-refractivity contribution is -0.497. The SMILES string of the molecule is CC[C@@]1(C[N+](=O)[O-])C[C@@H](C)[C@@H](C)C1. The molecule has 1 fully saturated rings. The Bertz CT molecular complexity index is 193. The molecule has 0 aromatic rings. The van der Waals surface area contributed by atoms with Crippen molar-refractivity contribution in [2.45, 2.75) is 40.0 Å². The van der Waals surface area contributed by atoms with Gasteiger partial charge in [-0.3, -0.25) is 10.1 Å². The Morgan fingerprint density at radius 1 is 1.38 bits per heavy atom. The van der Waals surface area contributed by atoms with Crippen molar-refractivity contribution in [1.29, 1.82) is 0 Å². The molecule has 0 spiro atoms. The minimum atomic E-state index is -0.145. The summed E-state index contributed by atoms with van der Waals surface area (Å²) < 4.78 is 0. The van der Waals surface area contributed by atoms with Crippen LogP contribution in [0.5, 0.6) is 0 Å². The van der Waals surface area contributed by atoms with Crippen LogP contribution in [0.2, 0.25) is 0 Å². The molecule has 0 aromatic heterocycles. The molecular formula is C10H19NO2. The largest absolute Gasteiger partial charge is 0.265 e. The van der Waals surface area contributed by atoms with Gasteiger partial charge in [-0.15, -0.1) is 0 Å². The molecule has 3 heteroatoms. The van der Waals surface area contributed by atoms with Crippen LogP contribution in [0.15, 0.2) is 0 Å². The number of hydrogen-bond acceptors (Lipinski definition) is 2. The minimum absolute atomic E-state index is 0.00231. The van der Waals surface area contributed by atoms with Crippen LogP contribution in [0.25, 0.3) is 0 Å². The fraction of sp³-hybridized carbons (Fsp3) is 1.00. The van der Waals surface area contributed by atoms with Crippen LogP contribution in [0.1, 0.15) is 40.0 Å². The summed E-state index contributed by atoms with van der Waals surface area (Å²) in [7, 11) is 0. The molecule has 1 aliphatic carbocycles. The van der Waals surface area contributed by atoms with Crippen LogP contribution in [0.4, 0.5) is 0 Å². The van der Waals surface area contributed by atoms with Gasteiger partial charge >= 0.3 is 0 Å². The Morgan fingerprint density at radius 3 is 2.15 bits per heavy atom. The van der Waals surface area contributed by atoms with E-state index in [0.29, 0.717) is 11.8 Å². The van der Waals surface area contributed by atoms with Gasteiger partial charge in [0.1, 0.15) is 0 Å². The first kappa shape index (κ1) is 10.5.